The van der Waals surface area contributed by atoms with Crippen LogP contribution < -0.4 is 0 Å². The Hall–Kier alpha value is -0.520. The van der Waals surface area contributed by atoms with Crippen LogP contribution in [-0.4, -0.2) is 0 Å². The Morgan fingerprint density at radius 1 is 0.833 bits per heavy atom. The van der Waals surface area contributed by atoms with Crippen LogP contribution in [0.25, 0.3) is 0 Å². The van der Waals surface area contributed by atoms with Gasteiger partial charge in [0.05, 0.1) is 0 Å². The molecule has 1 aliphatic carbocycles. The lowest BCUT2D eigenvalue weighted by Gasteiger charge is -1.88. The zero-order chi connectivity index (χ0) is 9.07. The van der Waals surface area contributed by atoms with Gasteiger partial charge in [-0.3, -0.25) is 0 Å². The van der Waals surface area contributed by atoms with Gasteiger partial charge in [-0.25, -0.2) is 0 Å². The molecule has 0 nitrogen and oxygen atoms in total. The van der Waals surface area contributed by atoms with E-state index in [1.165, 1.54) is 38.5 Å². The second-order valence-corrected chi connectivity index (χ2v) is 3.14. The van der Waals surface area contributed by atoms with Crippen molar-refractivity contribution in [3.05, 3.63) is 24.3 Å². The van der Waals surface area contributed by atoms with Crippen LogP contribution in [0, 0.1) is 0 Å². The first kappa shape index (κ1) is 11.5. The van der Waals surface area contributed by atoms with Gasteiger partial charge in [0.2, 0.25) is 0 Å². The minimum Gasteiger partial charge on any atom is -0.0842 e. The summed E-state index contributed by atoms with van der Waals surface area (Å²) >= 11 is 0. The van der Waals surface area contributed by atoms with Crippen LogP contribution in [0.2, 0.25) is 0 Å². The van der Waals surface area contributed by atoms with Crippen LogP contribution in [0.4, 0.5) is 0 Å². The summed E-state index contributed by atoms with van der Waals surface area (Å²) in [7, 11) is 0. The van der Waals surface area contributed by atoms with Gasteiger partial charge < -0.3 is 0 Å². The highest BCUT2D eigenvalue weighted by atomic mass is 13.8. The van der Waals surface area contributed by atoms with E-state index in [9.17, 15) is 0 Å². The predicted octanol–water partition coefficient (Wildman–Crippen LogP) is 4.48. The molecule has 0 heterocycles. The highest BCUT2D eigenvalue weighted by Gasteiger charge is 1.77. The molecule has 0 saturated carbocycles. The van der Waals surface area contributed by atoms with Crippen LogP contribution in [0.1, 0.15) is 52.4 Å². The Morgan fingerprint density at radius 3 is 1.42 bits per heavy atom. The van der Waals surface area contributed by atoms with Crippen molar-refractivity contribution in [3.8, 4) is 0 Å². The van der Waals surface area contributed by atoms with Crippen molar-refractivity contribution in [2.75, 3.05) is 0 Å². The van der Waals surface area contributed by atoms with E-state index in [0.29, 0.717) is 0 Å². The van der Waals surface area contributed by atoms with Gasteiger partial charge in [-0.1, -0.05) is 63.8 Å². The van der Waals surface area contributed by atoms with Crippen molar-refractivity contribution in [2.24, 2.45) is 0 Å². The first-order valence-corrected chi connectivity index (χ1v) is 5.23. The SMILES string of the molecule is C1=CCCC=C1.CCCCCC. The van der Waals surface area contributed by atoms with Gasteiger partial charge in [-0.2, -0.15) is 0 Å². The third kappa shape index (κ3) is 9.48. The van der Waals surface area contributed by atoms with Gasteiger partial charge in [-0.05, 0) is 12.8 Å². The lowest BCUT2D eigenvalue weighted by molar-refractivity contribution is 0.702. The minimum atomic E-state index is 1.23. The Labute approximate surface area is 77.4 Å². The molecule has 0 saturated heterocycles. The predicted molar refractivity (Wildman–Crippen MR) is 57.3 cm³/mol. The number of unbranched alkanes of at least 4 members (excludes halogenated alkanes) is 3. The molecule has 0 amide bonds. The van der Waals surface area contributed by atoms with Crippen LogP contribution >= 0.6 is 0 Å². The fourth-order valence-corrected chi connectivity index (χ4v) is 1.04. The second kappa shape index (κ2) is 10.5. The van der Waals surface area contributed by atoms with Crippen molar-refractivity contribution in [3.63, 3.8) is 0 Å². The molecule has 0 fully saturated rings. The Bertz CT molecular complexity index is 104. The highest BCUT2D eigenvalue weighted by molar-refractivity contribution is 5.07. The van der Waals surface area contributed by atoms with Crippen molar-refractivity contribution in [1.29, 1.82) is 0 Å². The molecule has 1 rings (SSSR count). The Kier molecular flexibility index (Phi) is 10.0. The molecular weight excluding hydrogens is 144 g/mol. The van der Waals surface area contributed by atoms with Crippen molar-refractivity contribution in [2.45, 2.75) is 52.4 Å². The van der Waals surface area contributed by atoms with Gasteiger partial charge in [0.25, 0.3) is 0 Å². The first-order valence-electron chi connectivity index (χ1n) is 5.23. The Balaban J connectivity index is 0.000000202. The summed E-state index contributed by atoms with van der Waals surface area (Å²) in [6.07, 6.45) is 16.5. The second-order valence-electron chi connectivity index (χ2n) is 3.14. The molecule has 0 atom stereocenters. The average molecular weight is 166 g/mol. The summed E-state index contributed by atoms with van der Waals surface area (Å²) in [6, 6.07) is 0. The molecule has 0 spiro atoms. The minimum absolute atomic E-state index is 1.23. The summed E-state index contributed by atoms with van der Waals surface area (Å²) in [5, 5.41) is 0. The maximum absolute atomic E-state index is 2.23. The van der Waals surface area contributed by atoms with Gasteiger partial charge in [0, 0.05) is 0 Å². The van der Waals surface area contributed by atoms with Crippen molar-refractivity contribution in [1.82, 2.24) is 0 Å². The lowest BCUT2D eigenvalue weighted by atomic mass is 10.2. The summed E-state index contributed by atoms with van der Waals surface area (Å²) in [5.74, 6) is 0. The number of rotatable bonds is 3. The molecule has 0 aromatic carbocycles. The molecule has 70 valence electrons. The smallest absolute Gasteiger partial charge is 0.0313 e. The molecule has 0 unspecified atom stereocenters. The molecule has 0 aromatic heterocycles. The average Bonchev–Trinajstić information content (AvgIpc) is 2.18. The molecule has 0 radical (unpaired) electrons. The van der Waals surface area contributed by atoms with Gasteiger partial charge in [0.1, 0.15) is 0 Å². The van der Waals surface area contributed by atoms with Crippen LogP contribution in [-0.2, 0) is 0 Å². The van der Waals surface area contributed by atoms with Crippen LogP contribution in [0.5, 0.6) is 0 Å². The standard InChI is InChI=1S/C6H8.C6H14/c1-2-4-6-5-3-1;1-3-5-6-4-2/h1-4H,5-6H2;3-6H2,1-2H3. The fraction of sp³-hybridized carbons (Fsp3) is 0.667. The number of allylic oxidation sites excluding steroid dienone is 4. The normalized spacial score (nSPS) is 13.8. The van der Waals surface area contributed by atoms with E-state index in [-0.39, 0.29) is 0 Å². The third-order valence-corrected chi connectivity index (χ3v) is 1.84. The summed E-state index contributed by atoms with van der Waals surface area (Å²) < 4.78 is 0. The monoisotopic (exact) mass is 166 g/mol. The highest BCUT2D eigenvalue weighted by Crippen LogP contribution is 1.98. The maximum atomic E-state index is 2.23. The molecular formula is C12H22. The van der Waals surface area contributed by atoms with E-state index in [0.717, 1.165) is 0 Å². The summed E-state index contributed by atoms with van der Waals surface area (Å²) in [4.78, 5) is 0. The topological polar surface area (TPSA) is 0 Å². The van der Waals surface area contributed by atoms with Gasteiger partial charge >= 0.3 is 0 Å². The molecule has 0 aliphatic heterocycles. The quantitative estimate of drug-likeness (QED) is 0.542. The van der Waals surface area contributed by atoms with E-state index < -0.39 is 0 Å². The molecule has 0 heteroatoms. The van der Waals surface area contributed by atoms with E-state index in [2.05, 4.69) is 38.2 Å². The molecule has 0 aromatic rings. The molecule has 12 heavy (non-hydrogen) atoms. The maximum Gasteiger partial charge on any atom is -0.0313 e. The van der Waals surface area contributed by atoms with E-state index in [1.54, 1.807) is 0 Å². The number of hydrogen-bond acceptors (Lipinski definition) is 0. The first-order chi connectivity index (χ1) is 5.91. The van der Waals surface area contributed by atoms with Gasteiger partial charge in [0.15, 0.2) is 0 Å². The number of hydrogen-bond donors (Lipinski definition) is 0. The molecule has 1 aliphatic rings. The van der Waals surface area contributed by atoms with Crippen LogP contribution in [0.3, 0.4) is 0 Å². The van der Waals surface area contributed by atoms with Crippen molar-refractivity contribution >= 4 is 0 Å². The summed E-state index contributed by atoms with van der Waals surface area (Å²) in [6.45, 7) is 4.46. The van der Waals surface area contributed by atoms with Crippen molar-refractivity contribution < 1.29 is 0 Å². The fourth-order valence-electron chi connectivity index (χ4n) is 1.04. The molecule has 0 N–H and O–H groups in total. The lowest BCUT2D eigenvalue weighted by Crippen LogP contribution is -1.67. The van der Waals surface area contributed by atoms with E-state index in [4.69, 9.17) is 0 Å². The largest absolute Gasteiger partial charge is 0.0842 e. The van der Waals surface area contributed by atoms with Gasteiger partial charge in [-0.15, -0.1) is 0 Å². The zero-order valence-corrected chi connectivity index (χ0v) is 8.55. The summed E-state index contributed by atoms with van der Waals surface area (Å²) in [5.41, 5.74) is 0. The third-order valence-electron chi connectivity index (χ3n) is 1.84. The molecule has 0 bridgehead atoms. The Morgan fingerprint density at radius 2 is 1.25 bits per heavy atom. The zero-order valence-electron chi connectivity index (χ0n) is 8.55. The van der Waals surface area contributed by atoms with E-state index >= 15 is 0 Å². The van der Waals surface area contributed by atoms with Crippen LogP contribution in [0.15, 0.2) is 24.3 Å². The van der Waals surface area contributed by atoms with E-state index in [1.807, 2.05) is 0 Å².